The molecular weight excluding hydrogens is 350 g/mol. The number of rotatable bonds is 7. The van der Waals surface area contributed by atoms with Crippen LogP contribution in [0.2, 0.25) is 0 Å². The highest BCUT2D eigenvalue weighted by atomic mass is 35.5. The van der Waals surface area contributed by atoms with E-state index in [1.165, 1.54) is 37.7 Å². The number of hydrogen-bond acceptors (Lipinski definition) is 3. The van der Waals surface area contributed by atoms with Gasteiger partial charge in [0.15, 0.2) is 0 Å². The van der Waals surface area contributed by atoms with E-state index in [1.54, 1.807) is 0 Å². The Bertz CT molecular complexity index is 569. The molecule has 0 spiro atoms. The van der Waals surface area contributed by atoms with Gasteiger partial charge < -0.3 is 16.4 Å². The molecule has 1 aliphatic rings. The van der Waals surface area contributed by atoms with Gasteiger partial charge in [0.1, 0.15) is 0 Å². The van der Waals surface area contributed by atoms with Crippen LogP contribution < -0.4 is 16.4 Å². The lowest BCUT2D eigenvalue weighted by molar-refractivity contribution is -0.126. The van der Waals surface area contributed by atoms with E-state index in [2.05, 4.69) is 48.7 Å². The second kappa shape index (κ2) is 11.2. The predicted octanol–water partition coefficient (Wildman–Crippen LogP) is 3.04. The monoisotopic (exact) mass is 381 g/mol. The van der Waals surface area contributed by atoms with Gasteiger partial charge in [0.05, 0.1) is 19.1 Å². The largest absolute Gasteiger partial charge is 0.348 e. The summed E-state index contributed by atoms with van der Waals surface area (Å²) in [5, 5.41) is 5.52. The van der Waals surface area contributed by atoms with Crippen LogP contribution >= 0.6 is 12.4 Å². The van der Waals surface area contributed by atoms with Crippen molar-refractivity contribution in [3.05, 3.63) is 35.4 Å². The van der Waals surface area contributed by atoms with Crippen molar-refractivity contribution in [1.29, 1.82) is 0 Å². The zero-order chi connectivity index (χ0) is 18.2. The lowest BCUT2D eigenvalue weighted by atomic mass is 9.83. The average molecular weight is 382 g/mol. The van der Waals surface area contributed by atoms with Crippen LogP contribution in [-0.2, 0) is 9.59 Å². The second-order valence-corrected chi connectivity index (χ2v) is 7.27. The van der Waals surface area contributed by atoms with E-state index in [0.29, 0.717) is 5.92 Å². The Morgan fingerprint density at radius 2 is 1.69 bits per heavy atom. The lowest BCUT2D eigenvalue weighted by Crippen LogP contribution is -2.41. The van der Waals surface area contributed by atoms with E-state index in [0.717, 1.165) is 5.56 Å². The van der Waals surface area contributed by atoms with Crippen molar-refractivity contribution in [3.63, 3.8) is 0 Å². The third-order valence-electron chi connectivity index (χ3n) is 4.99. The molecule has 6 heteroatoms. The molecule has 4 N–H and O–H groups in total. The predicted molar refractivity (Wildman–Crippen MR) is 107 cm³/mol. The van der Waals surface area contributed by atoms with Crippen LogP contribution in [0.5, 0.6) is 0 Å². The summed E-state index contributed by atoms with van der Waals surface area (Å²) in [7, 11) is 0. The quantitative estimate of drug-likeness (QED) is 0.678. The maximum atomic E-state index is 12.1. The highest BCUT2D eigenvalue weighted by molar-refractivity contribution is 5.86. The molecule has 0 bridgehead atoms. The first-order valence-corrected chi connectivity index (χ1v) is 9.37. The third kappa shape index (κ3) is 6.61. The number of halogens is 1. The third-order valence-corrected chi connectivity index (χ3v) is 4.99. The van der Waals surface area contributed by atoms with Crippen molar-refractivity contribution < 1.29 is 9.59 Å². The smallest absolute Gasteiger partial charge is 0.239 e. The molecule has 2 amide bonds. The van der Waals surface area contributed by atoms with Crippen molar-refractivity contribution in [1.82, 2.24) is 10.6 Å². The molecular formula is C20H32ClN3O2. The molecule has 5 nitrogen and oxygen atoms in total. The van der Waals surface area contributed by atoms with E-state index in [9.17, 15) is 9.59 Å². The van der Waals surface area contributed by atoms with Gasteiger partial charge in [-0.05, 0) is 35.8 Å². The molecule has 0 saturated heterocycles. The molecule has 0 radical (unpaired) electrons. The fourth-order valence-corrected chi connectivity index (χ4v) is 3.52. The van der Waals surface area contributed by atoms with Crippen LogP contribution in [-0.4, -0.2) is 24.9 Å². The molecule has 1 saturated carbocycles. The first-order valence-electron chi connectivity index (χ1n) is 9.37. The van der Waals surface area contributed by atoms with E-state index in [-0.39, 0.29) is 49.3 Å². The minimum atomic E-state index is -0.326. The average Bonchev–Trinajstić information content (AvgIpc) is 2.64. The zero-order valence-corrected chi connectivity index (χ0v) is 16.6. The van der Waals surface area contributed by atoms with Crippen LogP contribution in [0.1, 0.15) is 69.0 Å². The van der Waals surface area contributed by atoms with Gasteiger partial charge in [-0.3, -0.25) is 9.59 Å². The molecule has 1 fully saturated rings. The maximum Gasteiger partial charge on any atom is 0.239 e. The fraction of sp³-hybridized carbons (Fsp3) is 0.600. The molecule has 0 heterocycles. The summed E-state index contributed by atoms with van der Waals surface area (Å²) >= 11 is 0. The molecule has 0 aliphatic heterocycles. The van der Waals surface area contributed by atoms with Gasteiger partial charge in [0.25, 0.3) is 0 Å². The van der Waals surface area contributed by atoms with Crippen LogP contribution in [0.3, 0.4) is 0 Å². The Kier molecular flexibility index (Phi) is 9.66. The van der Waals surface area contributed by atoms with E-state index in [4.69, 9.17) is 5.73 Å². The topological polar surface area (TPSA) is 84.2 Å². The Labute approximate surface area is 162 Å². The van der Waals surface area contributed by atoms with Crippen molar-refractivity contribution in [2.75, 3.05) is 13.1 Å². The Morgan fingerprint density at radius 1 is 1.08 bits per heavy atom. The van der Waals surface area contributed by atoms with Crippen molar-refractivity contribution in [2.45, 2.75) is 57.9 Å². The summed E-state index contributed by atoms with van der Waals surface area (Å²) in [6.07, 6.45) is 6.57. The summed E-state index contributed by atoms with van der Waals surface area (Å²) in [6.45, 7) is 4.01. The number of amides is 2. The SMILES string of the molecule is CC(C)C(NC(=O)CNC(=O)CN)c1ccc(C2CCCCC2)cc1.Cl. The van der Waals surface area contributed by atoms with Crippen LogP contribution in [0, 0.1) is 5.92 Å². The van der Waals surface area contributed by atoms with Gasteiger partial charge in [-0.15, -0.1) is 12.4 Å². The number of hydrogen-bond donors (Lipinski definition) is 3. The van der Waals surface area contributed by atoms with Gasteiger partial charge in [-0.2, -0.15) is 0 Å². The molecule has 1 aromatic rings. The summed E-state index contributed by atoms with van der Waals surface area (Å²) in [5.74, 6) is 0.418. The molecule has 1 atom stereocenters. The minimum Gasteiger partial charge on any atom is -0.348 e. The normalized spacial score (nSPS) is 15.8. The summed E-state index contributed by atoms with van der Waals surface area (Å²) < 4.78 is 0. The standard InChI is InChI=1S/C20H31N3O2.ClH/c1-14(2)20(23-19(25)13-22-18(24)12-21)17-10-8-16(9-11-17)15-6-4-3-5-7-15;/h8-11,14-15,20H,3-7,12-13,21H2,1-2H3,(H,22,24)(H,23,25);1H. The summed E-state index contributed by atoms with van der Waals surface area (Å²) in [6, 6.07) is 8.62. The number of carbonyl (C=O) groups is 2. The number of carbonyl (C=O) groups excluding carboxylic acids is 2. The van der Waals surface area contributed by atoms with Crippen LogP contribution in [0.4, 0.5) is 0 Å². The van der Waals surface area contributed by atoms with Gasteiger partial charge in [0, 0.05) is 0 Å². The first kappa shape index (κ1) is 22.5. The van der Waals surface area contributed by atoms with E-state index >= 15 is 0 Å². The maximum absolute atomic E-state index is 12.1. The van der Waals surface area contributed by atoms with Gasteiger partial charge >= 0.3 is 0 Å². The number of nitrogens with two attached hydrogens (primary N) is 1. The van der Waals surface area contributed by atoms with Gasteiger partial charge in [-0.1, -0.05) is 57.4 Å². The number of benzene rings is 1. The minimum absolute atomic E-state index is 0. The van der Waals surface area contributed by atoms with Crippen LogP contribution in [0.15, 0.2) is 24.3 Å². The Morgan fingerprint density at radius 3 is 2.23 bits per heavy atom. The summed E-state index contributed by atoms with van der Waals surface area (Å²) in [5.41, 5.74) is 7.75. The van der Waals surface area contributed by atoms with E-state index < -0.39 is 0 Å². The van der Waals surface area contributed by atoms with Crippen molar-refractivity contribution in [2.24, 2.45) is 11.7 Å². The first-order chi connectivity index (χ1) is 12.0. The molecule has 26 heavy (non-hydrogen) atoms. The highest BCUT2D eigenvalue weighted by Crippen LogP contribution is 2.33. The molecule has 0 aromatic heterocycles. The lowest BCUT2D eigenvalue weighted by Gasteiger charge is -2.25. The van der Waals surface area contributed by atoms with Crippen LogP contribution in [0.25, 0.3) is 0 Å². The Hall–Kier alpha value is -1.59. The van der Waals surface area contributed by atoms with Gasteiger partial charge in [-0.25, -0.2) is 0 Å². The Balaban J connectivity index is 0.00000338. The molecule has 1 aromatic carbocycles. The van der Waals surface area contributed by atoms with Crippen molar-refractivity contribution in [3.8, 4) is 0 Å². The van der Waals surface area contributed by atoms with E-state index in [1.807, 2.05) is 0 Å². The second-order valence-electron chi connectivity index (χ2n) is 7.27. The molecule has 146 valence electrons. The highest BCUT2D eigenvalue weighted by Gasteiger charge is 2.20. The van der Waals surface area contributed by atoms with Gasteiger partial charge in [0.2, 0.25) is 11.8 Å². The molecule has 1 aliphatic carbocycles. The van der Waals surface area contributed by atoms with Crippen molar-refractivity contribution >= 4 is 24.2 Å². The summed E-state index contributed by atoms with van der Waals surface area (Å²) in [4.78, 5) is 23.3. The zero-order valence-electron chi connectivity index (χ0n) is 15.8. The molecule has 1 unspecified atom stereocenters. The fourth-order valence-electron chi connectivity index (χ4n) is 3.52. The molecule has 2 rings (SSSR count). The number of nitrogens with one attached hydrogen (secondary N) is 2.